The molecule has 0 saturated heterocycles. The number of thiophene rings is 1. The Morgan fingerprint density at radius 2 is 2.14 bits per heavy atom. The van der Waals surface area contributed by atoms with E-state index in [1.807, 2.05) is 6.07 Å². The average Bonchev–Trinajstić information content (AvgIpc) is 3.26. The van der Waals surface area contributed by atoms with E-state index in [0.717, 1.165) is 0 Å². The van der Waals surface area contributed by atoms with Crippen LogP contribution in [0.4, 0.5) is 5.00 Å². The summed E-state index contributed by atoms with van der Waals surface area (Å²) >= 11 is 1.17. The second kappa shape index (κ2) is 8.02. The number of nitriles is 1. The van der Waals surface area contributed by atoms with Gasteiger partial charge in [-0.25, -0.2) is 4.98 Å². The van der Waals surface area contributed by atoms with Crippen molar-refractivity contribution in [3.63, 3.8) is 0 Å². The number of amides is 1. The normalized spacial score (nSPS) is 10.6. The van der Waals surface area contributed by atoms with E-state index in [0.29, 0.717) is 16.2 Å². The topological polar surface area (TPSA) is 114 Å². The minimum absolute atomic E-state index is 0.140. The highest BCUT2D eigenvalue weighted by atomic mass is 32.1. The highest BCUT2D eigenvalue weighted by Crippen LogP contribution is 2.25. The van der Waals surface area contributed by atoms with Crippen molar-refractivity contribution in [2.75, 3.05) is 5.32 Å². The molecule has 0 radical (unpaired) electrons. The Hall–Kier alpha value is -3.51. The number of fused-ring (bicyclic) bond motifs is 1. The van der Waals surface area contributed by atoms with E-state index in [-0.39, 0.29) is 17.4 Å². The first kappa shape index (κ1) is 19.3. The number of pyridine rings is 1. The molecule has 0 fully saturated rings. The van der Waals surface area contributed by atoms with Gasteiger partial charge in [-0.3, -0.25) is 14.4 Å². The third kappa shape index (κ3) is 4.24. The summed E-state index contributed by atoms with van der Waals surface area (Å²) in [7, 11) is 0. The summed E-state index contributed by atoms with van der Waals surface area (Å²) < 4.78 is 6.61. The zero-order valence-electron chi connectivity index (χ0n) is 15.1. The van der Waals surface area contributed by atoms with E-state index < -0.39 is 24.1 Å². The fourth-order valence-corrected chi connectivity index (χ4v) is 3.29. The largest absolute Gasteiger partial charge is 0.463 e. The first-order valence-corrected chi connectivity index (χ1v) is 9.25. The second-order valence-electron chi connectivity index (χ2n) is 6.17. The van der Waals surface area contributed by atoms with Crippen LogP contribution in [0.15, 0.2) is 36.0 Å². The summed E-state index contributed by atoms with van der Waals surface area (Å²) in [5.74, 6) is -1.54. The lowest BCUT2D eigenvalue weighted by Crippen LogP contribution is -2.17. The van der Waals surface area contributed by atoms with Crippen LogP contribution in [0.2, 0.25) is 0 Å². The van der Waals surface area contributed by atoms with Crippen LogP contribution in [0.5, 0.6) is 0 Å². The number of anilines is 1. The zero-order chi connectivity index (χ0) is 20.3. The van der Waals surface area contributed by atoms with Crippen LogP contribution >= 0.6 is 11.3 Å². The van der Waals surface area contributed by atoms with Crippen LogP contribution in [-0.4, -0.2) is 33.1 Å². The van der Waals surface area contributed by atoms with E-state index in [1.165, 1.54) is 17.5 Å². The maximum Gasteiger partial charge on any atom is 0.313 e. The maximum absolute atomic E-state index is 12.5. The summed E-state index contributed by atoms with van der Waals surface area (Å²) in [5, 5.41) is 13.6. The van der Waals surface area contributed by atoms with Gasteiger partial charge in [-0.15, -0.1) is 11.3 Å². The molecule has 1 amide bonds. The number of ketones is 1. The van der Waals surface area contributed by atoms with Gasteiger partial charge in [-0.1, -0.05) is 0 Å². The summed E-state index contributed by atoms with van der Waals surface area (Å²) in [6.07, 6.45) is 2.46. The van der Waals surface area contributed by atoms with Gasteiger partial charge in [-0.05, 0) is 37.4 Å². The van der Waals surface area contributed by atoms with Crippen molar-refractivity contribution in [1.29, 1.82) is 5.26 Å². The monoisotopic (exact) mass is 396 g/mol. The molecule has 0 aliphatic heterocycles. The van der Waals surface area contributed by atoms with Crippen molar-refractivity contribution in [2.45, 2.75) is 26.4 Å². The molecule has 9 heteroatoms. The Kier molecular flexibility index (Phi) is 5.52. The molecule has 1 N–H and O–H groups in total. The molecule has 0 aromatic carbocycles. The Bertz CT molecular complexity index is 1110. The van der Waals surface area contributed by atoms with Crippen LogP contribution < -0.4 is 5.32 Å². The average molecular weight is 396 g/mol. The van der Waals surface area contributed by atoms with Crippen LogP contribution in [0.1, 0.15) is 46.7 Å². The molecule has 142 valence electrons. The first-order valence-electron chi connectivity index (χ1n) is 8.37. The molecule has 0 spiro atoms. The lowest BCUT2D eigenvalue weighted by atomic mass is 10.1. The number of hydrogen-bond donors (Lipinski definition) is 1. The van der Waals surface area contributed by atoms with E-state index in [9.17, 15) is 14.4 Å². The number of carbonyl (C=O) groups excluding carboxylic acids is 3. The molecule has 3 heterocycles. The second-order valence-corrected chi connectivity index (χ2v) is 7.09. The van der Waals surface area contributed by atoms with Crippen LogP contribution in [0.3, 0.4) is 0 Å². The number of hydrogen-bond acceptors (Lipinski definition) is 7. The molecule has 0 saturated carbocycles. The predicted molar refractivity (Wildman–Crippen MR) is 102 cm³/mol. The number of Topliss-reactive ketones (excluding diaryl/α,β-unsaturated/α-hetero) is 1. The Balaban J connectivity index is 1.75. The highest BCUT2D eigenvalue weighted by molar-refractivity contribution is 7.14. The summed E-state index contributed by atoms with van der Waals surface area (Å²) in [5.41, 5.74) is 1.28. The fourth-order valence-electron chi connectivity index (χ4n) is 2.48. The van der Waals surface area contributed by atoms with Crippen molar-refractivity contribution in [2.24, 2.45) is 0 Å². The van der Waals surface area contributed by atoms with Crippen LogP contribution in [-0.2, 0) is 9.53 Å². The first-order chi connectivity index (χ1) is 13.4. The van der Waals surface area contributed by atoms with E-state index in [2.05, 4.69) is 10.3 Å². The molecule has 3 aromatic rings. The van der Waals surface area contributed by atoms with Crippen molar-refractivity contribution in [3.8, 4) is 6.07 Å². The van der Waals surface area contributed by atoms with E-state index >= 15 is 0 Å². The number of carbonyl (C=O) groups is 3. The van der Waals surface area contributed by atoms with Gasteiger partial charge in [0.05, 0.1) is 23.3 Å². The number of esters is 1. The summed E-state index contributed by atoms with van der Waals surface area (Å²) in [6.45, 7) is 3.40. The van der Waals surface area contributed by atoms with Crippen LogP contribution in [0, 0.1) is 11.3 Å². The smallest absolute Gasteiger partial charge is 0.313 e. The molecule has 0 bridgehead atoms. The third-order valence-electron chi connectivity index (χ3n) is 3.69. The van der Waals surface area contributed by atoms with Crippen molar-refractivity contribution < 1.29 is 19.1 Å². The number of nitrogens with zero attached hydrogens (tertiary/aromatic N) is 3. The van der Waals surface area contributed by atoms with Crippen LogP contribution in [0.25, 0.3) is 5.65 Å². The van der Waals surface area contributed by atoms with Crippen molar-refractivity contribution >= 4 is 39.6 Å². The molecule has 8 nitrogen and oxygen atoms in total. The van der Waals surface area contributed by atoms with E-state index in [1.54, 1.807) is 48.0 Å². The standard InChI is InChI=1S/C19H16N4O4S/c1-11(2)27-17(25)8-15(24)13-4-6-28-19(13)22-18(26)14-10-23-5-3-12(9-20)7-16(23)21-14/h3-7,10-11H,8H2,1-2H3,(H,22,26). The molecule has 28 heavy (non-hydrogen) atoms. The fraction of sp³-hybridized carbons (Fsp3) is 0.211. The number of imidazole rings is 1. The van der Waals surface area contributed by atoms with Gasteiger partial charge in [0.25, 0.3) is 5.91 Å². The minimum Gasteiger partial charge on any atom is -0.463 e. The number of rotatable bonds is 6. The summed E-state index contributed by atoms with van der Waals surface area (Å²) in [6, 6.07) is 6.74. The number of aromatic nitrogens is 2. The molecule has 0 unspecified atom stereocenters. The minimum atomic E-state index is -0.614. The summed E-state index contributed by atoms with van der Waals surface area (Å²) in [4.78, 5) is 40.8. The molecular weight excluding hydrogens is 380 g/mol. The van der Waals surface area contributed by atoms with Gasteiger partial charge >= 0.3 is 5.97 Å². The number of nitrogens with one attached hydrogen (secondary N) is 1. The lowest BCUT2D eigenvalue weighted by Gasteiger charge is -2.08. The number of ether oxygens (including phenoxy) is 1. The highest BCUT2D eigenvalue weighted by Gasteiger charge is 2.20. The van der Waals surface area contributed by atoms with Crippen molar-refractivity contribution in [1.82, 2.24) is 9.38 Å². The van der Waals surface area contributed by atoms with Gasteiger partial charge in [0.15, 0.2) is 5.78 Å². The molecule has 3 aromatic heterocycles. The van der Waals surface area contributed by atoms with Gasteiger partial charge < -0.3 is 14.5 Å². The van der Waals surface area contributed by atoms with Crippen molar-refractivity contribution in [3.05, 3.63) is 52.8 Å². The van der Waals surface area contributed by atoms with E-state index in [4.69, 9.17) is 10.00 Å². The molecule has 0 aliphatic rings. The molecule has 0 atom stereocenters. The molecule has 0 aliphatic carbocycles. The molecular formula is C19H16N4O4S. The SMILES string of the molecule is CC(C)OC(=O)CC(=O)c1ccsc1NC(=O)c1cn2ccc(C#N)cc2n1. The Morgan fingerprint density at radius 3 is 2.86 bits per heavy atom. The van der Waals surface area contributed by atoms with Gasteiger partial charge in [0.1, 0.15) is 22.8 Å². The Labute approximate surface area is 164 Å². The Morgan fingerprint density at radius 1 is 1.36 bits per heavy atom. The zero-order valence-corrected chi connectivity index (χ0v) is 15.9. The molecule has 3 rings (SSSR count). The lowest BCUT2D eigenvalue weighted by molar-refractivity contribution is -0.146. The van der Waals surface area contributed by atoms with Gasteiger partial charge in [0.2, 0.25) is 0 Å². The predicted octanol–water partition coefficient (Wildman–Crippen LogP) is 3.04. The maximum atomic E-state index is 12.5. The van der Waals surface area contributed by atoms with Gasteiger partial charge in [0, 0.05) is 12.4 Å². The quantitative estimate of drug-likeness (QED) is 0.389. The van der Waals surface area contributed by atoms with Gasteiger partial charge in [-0.2, -0.15) is 5.26 Å². The third-order valence-corrected chi connectivity index (χ3v) is 4.52.